The van der Waals surface area contributed by atoms with Crippen molar-refractivity contribution >= 4 is 57.0 Å². The van der Waals surface area contributed by atoms with Crippen molar-refractivity contribution in [3.8, 4) is 0 Å². The van der Waals surface area contributed by atoms with Crippen LogP contribution >= 0.6 is 34.5 Å². The van der Waals surface area contributed by atoms with Gasteiger partial charge in [-0.1, -0.05) is 44.0 Å². The average Bonchev–Trinajstić information content (AvgIpc) is 3.39. The van der Waals surface area contributed by atoms with E-state index in [2.05, 4.69) is 36.5 Å². The van der Waals surface area contributed by atoms with E-state index < -0.39 is 0 Å². The molecule has 1 atom stereocenters. The third kappa shape index (κ3) is 5.16. The number of aryl methyl sites for hydroxylation is 1. The molecule has 1 aliphatic rings. The van der Waals surface area contributed by atoms with E-state index in [1.165, 1.54) is 11.3 Å². The number of anilines is 2. The van der Waals surface area contributed by atoms with E-state index in [4.69, 9.17) is 23.2 Å². The normalized spacial score (nSPS) is 15.6. The fourth-order valence-corrected chi connectivity index (χ4v) is 6.03. The molecule has 1 aromatic carbocycles. The molecule has 0 bridgehead atoms. The molecular formula is C25H28Cl2N4O2S. The molecule has 2 heterocycles. The van der Waals surface area contributed by atoms with Crippen LogP contribution in [0.15, 0.2) is 30.5 Å². The van der Waals surface area contributed by atoms with Crippen LogP contribution in [0.5, 0.6) is 0 Å². The zero-order chi connectivity index (χ0) is 24.6. The molecule has 2 amide bonds. The first kappa shape index (κ1) is 24.8. The minimum atomic E-state index is -0.336. The van der Waals surface area contributed by atoms with Crippen LogP contribution in [0.1, 0.15) is 65.4 Å². The first-order valence-electron chi connectivity index (χ1n) is 11.3. The maximum Gasteiger partial charge on any atom is 0.276 e. The monoisotopic (exact) mass is 518 g/mol. The van der Waals surface area contributed by atoms with Gasteiger partial charge in [0.05, 0.1) is 16.3 Å². The molecule has 0 fully saturated rings. The smallest absolute Gasteiger partial charge is 0.276 e. The number of fused-ring (bicyclic) bond motifs is 1. The van der Waals surface area contributed by atoms with Gasteiger partial charge in [0.2, 0.25) is 0 Å². The van der Waals surface area contributed by atoms with Gasteiger partial charge in [0.25, 0.3) is 11.8 Å². The van der Waals surface area contributed by atoms with Crippen molar-refractivity contribution in [3.05, 3.63) is 62.2 Å². The molecule has 34 heavy (non-hydrogen) atoms. The molecule has 0 spiro atoms. The van der Waals surface area contributed by atoms with Crippen molar-refractivity contribution in [1.82, 2.24) is 9.78 Å². The van der Waals surface area contributed by atoms with Crippen molar-refractivity contribution in [1.29, 1.82) is 0 Å². The number of aromatic nitrogens is 2. The van der Waals surface area contributed by atoms with Gasteiger partial charge in [0.15, 0.2) is 5.69 Å². The highest BCUT2D eigenvalue weighted by Gasteiger charge is 2.34. The summed E-state index contributed by atoms with van der Waals surface area (Å²) in [4.78, 5) is 27.6. The highest BCUT2D eigenvalue weighted by atomic mass is 35.5. The Morgan fingerprint density at radius 1 is 1.18 bits per heavy atom. The van der Waals surface area contributed by atoms with Gasteiger partial charge < -0.3 is 10.6 Å². The van der Waals surface area contributed by atoms with Gasteiger partial charge in [-0.2, -0.15) is 5.10 Å². The van der Waals surface area contributed by atoms with Crippen LogP contribution in [0.4, 0.5) is 10.7 Å². The van der Waals surface area contributed by atoms with Crippen molar-refractivity contribution in [2.24, 2.45) is 11.3 Å². The van der Waals surface area contributed by atoms with Gasteiger partial charge in [0, 0.05) is 22.6 Å². The lowest BCUT2D eigenvalue weighted by molar-refractivity contribution is 0.102. The minimum Gasteiger partial charge on any atom is -0.321 e. The molecule has 180 valence electrons. The minimum absolute atomic E-state index is 0.164. The Labute approximate surface area is 213 Å². The fourth-order valence-electron chi connectivity index (χ4n) is 4.26. The van der Waals surface area contributed by atoms with Crippen LogP contribution in [0.3, 0.4) is 0 Å². The summed E-state index contributed by atoms with van der Waals surface area (Å²) in [5.41, 5.74) is 2.45. The molecule has 4 rings (SSSR count). The fraction of sp³-hybridized carbons (Fsp3) is 0.400. The van der Waals surface area contributed by atoms with Crippen LogP contribution in [0.2, 0.25) is 10.0 Å². The number of thiophene rings is 1. The third-order valence-electron chi connectivity index (χ3n) is 6.32. The summed E-state index contributed by atoms with van der Waals surface area (Å²) in [6, 6.07) is 6.61. The van der Waals surface area contributed by atoms with E-state index in [9.17, 15) is 9.59 Å². The Balaban J connectivity index is 1.68. The van der Waals surface area contributed by atoms with Crippen molar-refractivity contribution in [3.63, 3.8) is 0 Å². The summed E-state index contributed by atoms with van der Waals surface area (Å²) in [7, 11) is 0. The van der Waals surface area contributed by atoms with Crippen LogP contribution in [0.25, 0.3) is 0 Å². The van der Waals surface area contributed by atoms with Crippen LogP contribution in [-0.4, -0.2) is 21.6 Å². The Morgan fingerprint density at radius 3 is 2.59 bits per heavy atom. The van der Waals surface area contributed by atoms with Crippen LogP contribution in [0, 0.1) is 11.3 Å². The molecule has 6 nitrogen and oxygen atoms in total. The molecule has 0 aliphatic heterocycles. The van der Waals surface area contributed by atoms with Crippen molar-refractivity contribution in [2.45, 2.75) is 53.5 Å². The maximum atomic E-state index is 13.5. The van der Waals surface area contributed by atoms with Gasteiger partial charge >= 0.3 is 0 Å². The van der Waals surface area contributed by atoms with Gasteiger partial charge in [-0.3, -0.25) is 14.3 Å². The number of carbonyl (C=O) groups is 2. The molecule has 2 N–H and O–H groups in total. The second-order valence-corrected chi connectivity index (χ2v) is 11.6. The Morgan fingerprint density at radius 2 is 1.94 bits per heavy atom. The number of rotatable bonds is 5. The second kappa shape index (κ2) is 9.72. The Hall–Kier alpha value is -2.35. The molecule has 1 unspecified atom stereocenters. The molecule has 0 radical (unpaired) electrons. The molecule has 3 aromatic rings. The molecular weight excluding hydrogens is 491 g/mol. The molecule has 0 saturated heterocycles. The summed E-state index contributed by atoms with van der Waals surface area (Å²) in [6.45, 7) is 9.37. The van der Waals surface area contributed by atoms with E-state index >= 15 is 0 Å². The largest absolute Gasteiger partial charge is 0.321 e. The number of halogens is 2. The first-order valence-corrected chi connectivity index (χ1v) is 12.9. The lowest BCUT2D eigenvalue weighted by Crippen LogP contribution is -2.27. The SMILES string of the molecule is CCn1ccc(C(=O)Nc2sc3c(c2C(=O)Nc2ccc(Cl)cc2Cl)CCC(C(C)(C)C)C3)n1. The predicted molar refractivity (Wildman–Crippen MR) is 140 cm³/mol. The molecule has 0 saturated carbocycles. The number of nitrogens with one attached hydrogen (secondary N) is 2. The lowest BCUT2D eigenvalue weighted by atomic mass is 9.72. The van der Waals surface area contributed by atoms with Crippen LogP contribution < -0.4 is 10.6 Å². The van der Waals surface area contributed by atoms with E-state index in [1.807, 2.05) is 6.92 Å². The summed E-state index contributed by atoms with van der Waals surface area (Å²) < 4.78 is 1.69. The number of amides is 2. The number of benzene rings is 1. The lowest BCUT2D eigenvalue weighted by Gasteiger charge is -2.33. The summed E-state index contributed by atoms with van der Waals surface area (Å²) in [5.74, 6) is -0.133. The molecule has 2 aromatic heterocycles. The quantitative estimate of drug-likeness (QED) is 0.384. The second-order valence-electron chi connectivity index (χ2n) is 9.60. The Kier molecular flexibility index (Phi) is 7.08. The van der Waals surface area contributed by atoms with E-state index in [0.29, 0.717) is 44.5 Å². The molecule has 1 aliphatic carbocycles. The van der Waals surface area contributed by atoms with Crippen LogP contribution in [-0.2, 0) is 19.4 Å². The maximum absolute atomic E-state index is 13.5. The van der Waals surface area contributed by atoms with Crippen molar-refractivity contribution < 1.29 is 9.59 Å². The number of nitrogens with zero attached hydrogens (tertiary/aromatic N) is 2. The van der Waals surface area contributed by atoms with E-state index in [-0.39, 0.29) is 17.2 Å². The number of hydrogen-bond acceptors (Lipinski definition) is 4. The average molecular weight is 519 g/mol. The summed E-state index contributed by atoms with van der Waals surface area (Å²) >= 11 is 13.8. The third-order valence-corrected chi connectivity index (χ3v) is 8.04. The van der Waals surface area contributed by atoms with E-state index in [0.717, 1.165) is 29.7 Å². The van der Waals surface area contributed by atoms with Gasteiger partial charge in [-0.25, -0.2) is 0 Å². The van der Waals surface area contributed by atoms with Gasteiger partial charge in [-0.05, 0) is 67.3 Å². The summed E-state index contributed by atoms with van der Waals surface area (Å²) in [5, 5.41) is 11.5. The Bertz CT molecular complexity index is 1240. The van der Waals surface area contributed by atoms with Gasteiger partial charge in [-0.15, -0.1) is 11.3 Å². The standard InChI is InChI=1S/C25H28Cl2N4O2S/c1-5-31-11-10-19(30-31)22(32)29-24-21(23(33)28-18-9-7-15(26)13-17(18)27)16-8-6-14(25(2,3)4)12-20(16)34-24/h7,9-11,13-14H,5-6,8,12H2,1-4H3,(H,28,33)(H,29,32). The highest BCUT2D eigenvalue weighted by Crippen LogP contribution is 2.44. The zero-order valence-electron chi connectivity index (χ0n) is 19.7. The molecule has 9 heteroatoms. The zero-order valence-corrected chi connectivity index (χ0v) is 22.0. The first-order chi connectivity index (χ1) is 16.1. The van der Waals surface area contributed by atoms with E-state index in [1.54, 1.807) is 35.1 Å². The predicted octanol–water partition coefficient (Wildman–Crippen LogP) is 6.93. The number of carbonyl (C=O) groups excluding carboxylic acids is 2. The highest BCUT2D eigenvalue weighted by molar-refractivity contribution is 7.17. The summed E-state index contributed by atoms with van der Waals surface area (Å²) in [6.07, 6.45) is 4.42. The van der Waals surface area contributed by atoms with Crippen molar-refractivity contribution in [2.75, 3.05) is 10.6 Å². The van der Waals surface area contributed by atoms with Gasteiger partial charge in [0.1, 0.15) is 5.00 Å². The number of hydrogen-bond donors (Lipinski definition) is 2. The topological polar surface area (TPSA) is 76.0 Å².